The minimum absolute atomic E-state index is 0.177. The van der Waals surface area contributed by atoms with Crippen LogP contribution < -0.4 is 10.4 Å². The van der Waals surface area contributed by atoms with Crippen molar-refractivity contribution >= 4 is 34.9 Å². The molecule has 0 amide bonds. The Balaban J connectivity index is 2.30. The molecule has 1 heterocycles. The number of rotatable bonds is 2. The molecule has 4 nitrogen and oxygen atoms in total. The highest BCUT2D eigenvalue weighted by atomic mass is 35.5. The molecular weight excluding hydrogens is 220 g/mol. The molecule has 1 aliphatic heterocycles. The van der Waals surface area contributed by atoms with Crippen LogP contribution in [0.25, 0.3) is 0 Å². The van der Waals surface area contributed by atoms with Crippen LogP contribution in [0.2, 0.25) is 5.02 Å². The zero-order valence-electron chi connectivity index (χ0n) is 7.09. The summed E-state index contributed by atoms with van der Waals surface area (Å²) in [5.41, 5.74) is 3.61. The van der Waals surface area contributed by atoms with Crippen molar-refractivity contribution in [2.75, 3.05) is 5.01 Å². The zero-order chi connectivity index (χ0) is 9.97. The van der Waals surface area contributed by atoms with E-state index in [1.54, 1.807) is 22.5 Å². The van der Waals surface area contributed by atoms with E-state index in [1.165, 1.54) is 0 Å². The molecule has 1 aromatic carbocycles. The van der Waals surface area contributed by atoms with E-state index in [-0.39, 0.29) is 6.17 Å². The molecule has 1 aromatic rings. The van der Waals surface area contributed by atoms with Gasteiger partial charge in [0.2, 0.25) is 0 Å². The third kappa shape index (κ3) is 1.69. The van der Waals surface area contributed by atoms with Crippen LogP contribution in [-0.2, 0) is 0 Å². The van der Waals surface area contributed by atoms with Crippen molar-refractivity contribution in [3.8, 4) is 0 Å². The number of hydrogen-bond donors (Lipinski definition) is 1. The highest BCUT2D eigenvalue weighted by molar-refractivity contribution is 7.79. The van der Waals surface area contributed by atoms with Crippen LogP contribution in [0, 0.1) is 0 Å². The molecule has 1 unspecified atom stereocenters. The summed E-state index contributed by atoms with van der Waals surface area (Å²) in [6, 6.07) is 7.35. The first-order chi connectivity index (χ1) is 6.81. The Hall–Kier alpha value is -1.20. The smallest absolute Gasteiger partial charge is 0.168 e. The number of thiocarbonyl (C=S) groups is 1. The van der Waals surface area contributed by atoms with E-state index in [4.69, 9.17) is 23.8 Å². The molecule has 0 saturated heterocycles. The van der Waals surface area contributed by atoms with E-state index < -0.39 is 0 Å². The Morgan fingerprint density at radius 2 is 2.43 bits per heavy atom. The van der Waals surface area contributed by atoms with Crippen molar-refractivity contribution in [2.45, 2.75) is 6.17 Å². The van der Waals surface area contributed by atoms with E-state index in [0.717, 1.165) is 5.69 Å². The van der Waals surface area contributed by atoms with Crippen LogP contribution in [0.3, 0.4) is 0 Å². The summed E-state index contributed by atoms with van der Waals surface area (Å²) in [4.78, 5) is 0. The minimum Gasteiger partial charge on any atom is -0.261 e. The largest absolute Gasteiger partial charge is 0.261 e. The van der Waals surface area contributed by atoms with Crippen LogP contribution in [0.5, 0.6) is 0 Å². The van der Waals surface area contributed by atoms with Crippen molar-refractivity contribution in [3.63, 3.8) is 0 Å². The van der Waals surface area contributed by atoms with Gasteiger partial charge in [0.25, 0.3) is 0 Å². The average Bonchev–Trinajstić information content (AvgIpc) is 2.65. The lowest BCUT2D eigenvalue weighted by molar-refractivity contribution is 0.731. The maximum absolute atomic E-state index is 5.86. The standard InChI is InChI=1S/C8H7ClN4S/c9-6-2-1-3-7(4-6)13-8(5-14)10-11-12-13/h1-5,8H,(H,10,12). The molecule has 2 rings (SSSR count). The van der Waals surface area contributed by atoms with Gasteiger partial charge in [-0.25, -0.2) is 5.01 Å². The highest BCUT2D eigenvalue weighted by Crippen LogP contribution is 2.22. The van der Waals surface area contributed by atoms with Crippen LogP contribution in [0.4, 0.5) is 5.69 Å². The Labute approximate surface area is 91.5 Å². The Morgan fingerprint density at radius 1 is 1.57 bits per heavy atom. The second-order valence-corrected chi connectivity index (χ2v) is 3.43. The lowest BCUT2D eigenvalue weighted by Gasteiger charge is -2.17. The predicted molar refractivity (Wildman–Crippen MR) is 59.4 cm³/mol. The summed E-state index contributed by atoms with van der Waals surface area (Å²) in [6.45, 7) is 0. The van der Waals surface area contributed by atoms with Gasteiger partial charge >= 0.3 is 0 Å². The van der Waals surface area contributed by atoms with Gasteiger partial charge < -0.3 is 0 Å². The van der Waals surface area contributed by atoms with E-state index in [0.29, 0.717) is 5.02 Å². The lowest BCUT2D eigenvalue weighted by Crippen LogP contribution is -2.35. The van der Waals surface area contributed by atoms with Gasteiger partial charge in [0.15, 0.2) is 6.17 Å². The summed E-state index contributed by atoms with van der Waals surface area (Å²) < 4.78 is 0. The fourth-order valence-electron chi connectivity index (χ4n) is 1.16. The van der Waals surface area contributed by atoms with Gasteiger partial charge in [-0.2, -0.15) is 0 Å². The molecule has 0 spiro atoms. The second-order valence-electron chi connectivity index (χ2n) is 2.72. The lowest BCUT2D eigenvalue weighted by atomic mass is 10.3. The first-order valence-electron chi connectivity index (χ1n) is 3.97. The molecule has 0 fully saturated rings. The summed E-state index contributed by atoms with van der Waals surface area (Å²) in [5.74, 6) is 0. The molecular formula is C8H7ClN4S. The topological polar surface area (TPSA) is 40.0 Å². The number of nitrogens with one attached hydrogen (secondary N) is 1. The molecule has 6 heteroatoms. The van der Waals surface area contributed by atoms with Gasteiger partial charge in [0.1, 0.15) is 0 Å². The molecule has 1 N–H and O–H groups in total. The number of hydrogen-bond acceptors (Lipinski definition) is 5. The minimum atomic E-state index is -0.177. The molecule has 72 valence electrons. The Bertz CT molecular complexity index is 381. The van der Waals surface area contributed by atoms with Crippen molar-refractivity contribution < 1.29 is 0 Å². The van der Waals surface area contributed by atoms with Crippen LogP contribution in [-0.4, -0.2) is 11.5 Å². The van der Waals surface area contributed by atoms with Gasteiger partial charge in [-0.05, 0) is 23.4 Å². The van der Waals surface area contributed by atoms with Gasteiger partial charge in [-0.3, -0.25) is 5.43 Å². The predicted octanol–water partition coefficient (Wildman–Crippen LogP) is 2.36. The van der Waals surface area contributed by atoms with Gasteiger partial charge in [0, 0.05) is 10.4 Å². The number of nitrogens with zero attached hydrogens (tertiary/aromatic N) is 3. The SMILES string of the molecule is S=CC1NN=NN1c1cccc(Cl)c1. The zero-order valence-corrected chi connectivity index (χ0v) is 8.66. The number of anilines is 1. The quantitative estimate of drug-likeness (QED) is 0.787. The third-order valence-electron chi connectivity index (χ3n) is 1.80. The fourth-order valence-corrected chi connectivity index (χ4v) is 1.52. The van der Waals surface area contributed by atoms with E-state index in [2.05, 4.69) is 15.9 Å². The van der Waals surface area contributed by atoms with E-state index in [1.807, 2.05) is 12.1 Å². The van der Waals surface area contributed by atoms with Crippen LogP contribution >= 0.6 is 23.8 Å². The second kappa shape index (κ2) is 3.89. The summed E-state index contributed by atoms with van der Waals surface area (Å²) in [5, 5.41) is 11.5. The van der Waals surface area contributed by atoms with Crippen molar-refractivity contribution in [1.29, 1.82) is 0 Å². The van der Waals surface area contributed by atoms with Crippen molar-refractivity contribution in [1.82, 2.24) is 5.43 Å². The first kappa shape index (κ1) is 9.36. The third-order valence-corrected chi connectivity index (χ3v) is 2.29. The molecule has 0 aromatic heterocycles. The first-order valence-corrected chi connectivity index (χ1v) is 4.82. The molecule has 0 saturated carbocycles. The Kier molecular flexibility index (Phi) is 2.60. The molecule has 1 aliphatic rings. The fraction of sp³-hybridized carbons (Fsp3) is 0.125. The molecule has 0 aliphatic carbocycles. The van der Waals surface area contributed by atoms with Crippen LogP contribution in [0.15, 0.2) is 34.7 Å². The summed E-state index contributed by atoms with van der Waals surface area (Å²) in [6.07, 6.45) is -0.177. The highest BCUT2D eigenvalue weighted by Gasteiger charge is 2.20. The monoisotopic (exact) mass is 226 g/mol. The van der Waals surface area contributed by atoms with Gasteiger partial charge in [0.05, 0.1) is 5.69 Å². The van der Waals surface area contributed by atoms with Crippen molar-refractivity contribution in [2.24, 2.45) is 10.4 Å². The molecule has 0 bridgehead atoms. The Morgan fingerprint density at radius 3 is 3.14 bits per heavy atom. The summed E-state index contributed by atoms with van der Waals surface area (Å²) >= 11 is 10.7. The van der Waals surface area contributed by atoms with Gasteiger partial charge in [-0.1, -0.05) is 35.1 Å². The normalized spacial score (nSPS) is 19.5. The maximum Gasteiger partial charge on any atom is 0.168 e. The maximum atomic E-state index is 5.86. The average molecular weight is 227 g/mol. The summed E-state index contributed by atoms with van der Waals surface area (Å²) in [7, 11) is 0. The molecule has 14 heavy (non-hydrogen) atoms. The van der Waals surface area contributed by atoms with Gasteiger partial charge in [-0.15, -0.1) is 0 Å². The molecule has 0 radical (unpaired) electrons. The van der Waals surface area contributed by atoms with Crippen molar-refractivity contribution in [3.05, 3.63) is 29.3 Å². The number of benzene rings is 1. The van der Waals surface area contributed by atoms with Crippen LogP contribution in [0.1, 0.15) is 0 Å². The molecule has 1 atom stereocenters. The van der Waals surface area contributed by atoms with E-state index in [9.17, 15) is 0 Å². The number of halogens is 1. The van der Waals surface area contributed by atoms with E-state index >= 15 is 0 Å².